The highest BCUT2D eigenvalue weighted by Gasteiger charge is 2.40. The zero-order valence-electron chi connectivity index (χ0n) is 49.8. The van der Waals surface area contributed by atoms with Crippen molar-refractivity contribution in [2.45, 2.75) is 101 Å². The molecular formula is C65H75N5O14S3. The molecule has 462 valence electrons. The summed E-state index contributed by atoms with van der Waals surface area (Å²) < 4.78 is 71.1. The lowest BCUT2D eigenvalue weighted by molar-refractivity contribution is -0.137. The fraction of sp³-hybridized carbons (Fsp3) is 0.431. The van der Waals surface area contributed by atoms with Crippen LogP contribution in [0, 0.1) is 6.92 Å². The van der Waals surface area contributed by atoms with Gasteiger partial charge in [-0.2, -0.15) is 8.42 Å². The minimum Gasteiger partial charge on any atom is -0.493 e. The van der Waals surface area contributed by atoms with Crippen LogP contribution in [0.2, 0.25) is 0 Å². The van der Waals surface area contributed by atoms with Gasteiger partial charge in [0.05, 0.1) is 40.1 Å². The van der Waals surface area contributed by atoms with Crippen LogP contribution < -0.4 is 34.2 Å². The minimum absolute atomic E-state index is 0.00275. The summed E-state index contributed by atoms with van der Waals surface area (Å²) in [5.41, 5.74) is 10.7. The predicted molar refractivity (Wildman–Crippen MR) is 336 cm³/mol. The van der Waals surface area contributed by atoms with Crippen molar-refractivity contribution >= 4 is 78.3 Å². The van der Waals surface area contributed by atoms with Crippen molar-refractivity contribution in [1.29, 1.82) is 0 Å². The number of amides is 5. The molecule has 0 spiro atoms. The monoisotopic (exact) mass is 1250 g/mol. The molecule has 5 aromatic rings. The van der Waals surface area contributed by atoms with Crippen molar-refractivity contribution in [2.75, 3.05) is 93.9 Å². The van der Waals surface area contributed by atoms with Gasteiger partial charge < -0.3 is 48.4 Å². The Hall–Kier alpha value is -6.92. The van der Waals surface area contributed by atoms with Crippen molar-refractivity contribution in [3.63, 3.8) is 0 Å². The van der Waals surface area contributed by atoms with Gasteiger partial charge in [0.1, 0.15) is 19.0 Å². The summed E-state index contributed by atoms with van der Waals surface area (Å²) in [7, 11) is 1.24. The number of aryl methyl sites for hydroxylation is 3. The van der Waals surface area contributed by atoms with E-state index in [9.17, 15) is 36.9 Å². The van der Waals surface area contributed by atoms with Gasteiger partial charge in [-0.15, -0.1) is 0 Å². The number of imide groups is 1. The van der Waals surface area contributed by atoms with Crippen LogP contribution >= 0.6 is 21.6 Å². The highest BCUT2D eigenvalue weighted by atomic mass is 33.1. The molecule has 0 bridgehead atoms. The number of anilines is 3. The second-order valence-electron chi connectivity index (χ2n) is 23.0. The van der Waals surface area contributed by atoms with Gasteiger partial charge in [-0.25, -0.2) is 0 Å². The van der Waals surface area contributed by atoms with Crippen LogP contribution in [0.3, 0.4) is 0 Å². The first-order valence-electron chi connectivity index (χ1n) is 29.4. The lowest BCUT2D eigenvalue weighted by Gasteiger charge is -2.34. The summed E-state index contributed by atoms with van der Waals surface area (Å²) >= 11 is 0. The number of carbonyl (C=O) groups excluding carboxylic acids is 5. The number of benzene rings is 5. The first kappa shape index (κ1) is 63.1. The number of hydrogen-bond donors (Lipinski definition) is 2. The summed E-state index contributed by atoms with van der Waals surface area (Å²) in [4.78, 5) is 72.9. The molecule has 5 amide bonds. The van der Waals surface area contributed by atoms with Crippen LogP contribution in [-0.4, -0.2) is 149 Å². The van der Waals surface area contributed by atoms with E-state index in [1.807, 2.05) is 71.3 Å². The Bertz CT molecular complexity index is 3520. The molecule has 87 heavy (non-hydrogen) atoms. The number of nitrogens with zero attached hydrogens (tertiary/aromatic N) is 4. The Kier molecular flexibility index (Phi) is 20.4. The second kappa shape index (κ2) is 28.1. The van der Waals surface area contributed by atoms with Gasteiger partial charge in [-0.05, 0) is 159 Å². The Morgan fingerprint density at radius 3 is 1.89 bits per heavy atom. The lowest BCUT2D eigenvalue weighted by Crippen LogP contribution is -2.44. The summed E-state index contributed by atoms with van der Waals surface area (Å²) in [6.07, 6.45) is 6.67. The third-order valence-corrected chi connectivity index (χ3v) is 20.8. The summed E-state index contributed by atoms with van der Waals surface area (Å²) in [5.74, 6) is -0.272. The molecule has 22 heteroatoms. The van der Waals surface area contributed by atoms with Crippen LogP contribution in [-0.2, 0) is 77.6 Å². The summed E-state index contributed by atoms with van der Waals surface area (Å²) in [5, 5.41) is 0.681. The zero-order chi connectivity index (χ0) is 61.4. The fourth-order valence-corrected chi connectivity index (χ4v) is 15.6. The highest BCUT2D eigenvalue weighted by molar-refractivity contribution is 8.77. The van der Waals surface area contributed by atoms with Gasteiger partial charge in [-0.3, -0.25) is 33.4 Å². The van der Waals surface area contributed by atoms with E-state index in [2.05, 4.69) is 54.4 Å². The van der Waals surface area contributed by atoms with Gasteiger partial charge in [0.2, 0.25) is 5.91 Å². The van der Waals surface area contributed by atoms with Crippen LogP contribution in [0.1, 0.15) is 92.8 Å². The van der Waals surface area contributed by atoms with Gasteiger partial charge >= 0.3 is 0 Å². The van der Waals surface area contributed by atoms with E-state index < -0.39 is 37.8 Å². The van der Waals surface area contributed by atoms with Crippen LogP contribution in [0.15, 0.2) is 103 Å². The third-order valence-electron chi connectivity index (χ3n) is 16.3. The van der Waals surface area contributed by atoms with Gasteiger partial charge in [0, 0.05) is 96.2 Å². The Morgan fingerprint density at radius 1 is 0.724 bits per heavy atom. The van der Waals surface area contributed by atoms with Crippen LogP contribution in [0.5, 0.6) is 17.2 Å². The number of hydrogen-bond acceptors (Lipinski definition) is 16. The van der Waals surface area contributed by atoms with Gasteiger partial charge in [0.15, 0.2) is 16.7 Å². The molecule has 0 fully saturated rings. The van der Waals surface area contributed by atoms with E-state index in [4.69, 9.17) is 28.4 Å². The van der Waals surface area contributed by atoms with Crippen molar-refractivity contribution in [1.82, 2.24) is 10.2 Å². The molecule has 5 aliphatic rings. The average molecular weight is 1250 g/mol. The molecular weight excluding hydrogens is 1170 g/mol. The topological polar surface area (TPSA) is 220 Å². The Labute approximate surface area is 516 Å². The molecule has 5 aliphatic heterocycles. The first-order chi connectivity index (χ1) is 41.9. The molecule has 19 nitrogen and oxygen atoms in total. The van der Waals surface area contributed by atoms with Crippen LogP contribution in [0.4, 0.5) is 17.1 Å². The van der Waals surface area contributed by atoms with E-state index in [1.54, 1.807) is 20.3 Å². The molecule has 0 saturated heterocycles. The molecule has 3 atom stereocenters. The van der Waals surface area contributed by atoms with Gasteiger partial charge in [-0.1, -0.05) is 58.0 Å². The van der Waals surface area contributed by atoms with E-state index in [1.165, 1.54) is 32.7 Å². The quantitative estimate of drug-likeness (QED) is 0.0198. The lowest BCUT2D eigenvalue weighted by atomic mass is 9.98. The predicted octanol–water partition coefficient (Wildman–Crippen LogP) is 8.53. The van der Waals surface area contributed by atoms with Crippen molar-refractivity contribution in [2.24, 2.45) is 0 Å². The van der Waals surface area contributed by atoms with E-state index >= 15 is 0 Å². The Morgan fingerprint density at radius 2 is 1.29 bits per heavy atom. The largest absolute Gasteiger partial charge is 0.493 e. The molecule has 2 N–H and O–H groups in total. The molecule has 0 radical (unpaired) electrons. The zero-order valence-corrected chi connectivity index (χ0v) is 52.2. The number of para-hydroxylation sites is 2. The van der Waals surface area contributed by atoms with Crippen LogP contribution in [0.25, 0.3) is 0 Å². The molecule has 0 aliphatic carbocycles. The number of ether oxygens (including phenoxy) is 6. The minimum atomic E-state index is -4.82. The number of fused-ring (bicyclic) bond motifs is 8. The smallest absolute Gasteiger partial charge is 0.276 e. The Balaban J connectivity index is 0.896. The van der Waals surface area contributed by atoms with E-state index in [0.717, 1.165) is 94.0 Å². The highest BCUT2D eigenvalue weighted by Crippen LogP contribution is 2.43. The summed E-state index contributed by atoms with van der Waals surface area (Å²) in [6, 6.07) is 30.3. The maximum atomic E-state index is 14.4. The number of methoxy groups -OCH3 is 2. The van der Waals surface area contributed by atoms with Gasteiger partial charge in [0.25, 0.3) is 33.7 Å². The standard InChI is InChI=1S/C65H75N5O14S3/c1-42-30-52-45(14-16-49-34-47-10-6-8-12-54(47)69(49)63(52)74)36-56(42)83-39-43-31-44(40-84-58-37-46-15-17-50-35-48-11-7-9-13-55(48)70(50)64(75)53(46)38-57(58)80-5)33-51(32-43)67(23-24-81-27-28-82-26-25-79-4)41-65(2,3)86-85-29-20-59(87(76,77)78)62(73)66-21-22-68-60(71)18-19-61(68)72/h6-13,18-19,30-33,36-38,49-50,59H,14-17,20-29,34-35,39-41H2,1-5H3,(H,66,73)(H,76,77,78). The maximum Gasteiger partial charge on any atom is 0.276 e. The molecule has 0 aromatic heterocycles. The third kappa shape index (κ3) is 15.0. The first-order valence-corrected chi connectivity index (χ1v) is 33.2. The molecule has 5 heterocycles. The fourth-order valence-electron chi connectivity index (χ4n) is 12.1. The van der Waals surface area contributed by atoms with Crippen molar-refractivity contribution < 1.29 is 65.4 Å². The van der Waals surface area contributed by atoms with E-state index in [-0.39, 0.29) is 62.4 Å². The second-order valence-corrected chi connectivity index (χ2v) is 27.7. The summed E-state index contributed by atoms with van der Waals surface area (Å²) in [6.45, 7) is 8.92. The maximum absolute atomic E-state index is 14.4. The normalized spacial score (nSPS) is 17.2. The number of nitrogens with one attached hydrogen (secondary N) is 1. The number of rotatable bonds is 29. The molecule has 5 aromatic carbocycles. The van der Waals surface area contributed by atoms with Crippen molar-refractivity contribution in [3.8, 4) is 17.2 Å². The molecule has 0 saturated carbocycles. The van der Waals surface area contributed by atoms with E-state index in [0.29, 0.717) is 80.9 Å². The molecule has 3 unspecified atom stereocenters. The molecule has 10 rings (SSSR count). The van der Waals surface area contributed by atoms with Crippen molar-refractivity contribution in [3.05, 3.63) is 153 Å². The average Bonchev–Trinajstić information content (AvgIpc) is 1.88. The number of carbonyl (C=O) groups is 5. The SMILES string of the molecule is COCCOCCOCCN(CC(C)(C)SSCCC(C(=O)NCCN1C(=O)C=CC1=O)S(=O)(=O)O)c1cc(COc2cc3c(cc2C)C(=O)N2c4ccccc4CC2CC3)cc(COc2cc3c(cc2OC)C(=O)N2c4ccccc4CC2CC3)c1.